The molecular weight excluding hydrogens is 262 g/mol. The standard InChI is InChI=1S/C12H11BrF2/c1-8-11-7-10(13)5-4-9(11)3-2-6-12(8,14)15/h4-5,7H,1-3,6H2. The van der Waals surface area contributed by atoms with Crippen LogP contribution in [0, 0.1) is 0 Å². The van der Waals surface area contributed by atoms with Gasteiger partial charge in [-0.05, 0) is 36.1 Å². The highest BCUT2D eigenvalue weighted by Gasteiger charge is 2.36. The van der Waals surface area contributed by atoms with Crippen LogP contribution in [0.15, 0.2) is 29.3 Å². The molecule has 0 aliphatic heterocycles. The first-order chi connectivity index (χ1) is 7.00. The first kappa shape index (κ1) is 10.8. The summed E-state index contributed by atoms with van der Waals surface area (Å²) in [6.45, 7) is 3.54. The number of hydrogen-bond donors (Lipinski definition) is 0. The molecule has 1 aromatic carbocycles. The van der Waals surface area contributed by atoms with Crippen molar-refractivity contribution < 1.29 is 8.78 Å². The third kappa shape index (κ3) is 1.98. The minimum absolute atomic E-state index is 0.0451. The molecule has 0 fully saturated rings. The maximum Gasteiger partial charge on any atom is 0.273 e. The second-order valence-corrected chi connectivity index (χ2v) is 4.75. The highest BCUT2D eigenvalue weighted by Crippen LogP contribution is 2.40. The van der Waals surface area contributed by atoms with Crippen molar-refractivity contribution >= 4 is 21.5 Å². The number of rotatable bonds is 0. The van der Waals surface area contributed by atoms with E-state index in [0.29, 0.717) is 18.4 Å². The summed E-state index contributed by atoms with van der Waals surface area (Å²) in [6.07, 6.45) is 1.12. The molecule has 0 amide bonds. The van der Waals surface area contributed by atoms with E-state index in [1.807, 2.05) is 12.1 Å². The van der Waals surface area contributed by atoms with Gasteiger partial charge in [0.25, 0.3) is 5.92 Å². The number of fused-ring (bicyclic) bond motifs is 1. The van der Waals surface area contributed by atoms with Crippen molar-refractivity contribution in [3.63, 3.8) is 0 Å². The first-order valence-corrected chi connectivity index (χ1v) is 5.66. The lowest BCUT2D eigenvalue weighted by atomic mass is 9.98. The fourth-order valence-electron chi connectivity index (χ4n) is 1.90. The average molecular weight is 273 g/mol. The Balaban J connectivity index is 2.54. The maximum atomic E-state index is 13.6. The van der Waals surface area contributed by atoms with Crippen molar-refractivity contribution in [3.05, 3.63) is 40.4 Å². The first-order valence-electron chi connectivity index (χ1n) is 4.87. The molecule has 80 valence electrons. The van der Waals surface area contributed by atoms with Crippen LogP contribution < -0.4 is 0 Å². The topological polar surface area (TPSA) is 0 Å². The number of halogens is 3. The number of hydrogen-bond acceptors (Lipinski definition) is 0. The molecule has 0 nitrogen and oxygen atoms in total. The highest BCUT2D eigenvalue weighted by molar-refractivity contribution is 9.10. The molecule has 0 N–H and O–H groups in total. The smallest absolute Gasteiger partial charge is 0.201 e. The molecule has 0 atom stereocenters. The predicted octanol–water partition coefficient (Wildman–Crippen LogP) is 4.43. The van der Waals surface area contributed by atoms with Gasteiger partial charge in [-0.2, -0.15) is 0 Å². The maximum absolute atomic E-state index is 13.6. The van der Waals surface area contributed by atoms with Crippen LogP contribution in [-0.4, -0.2) is 5.92 Å². The molecule has 0 heterocycles. The van der Waals surface area contributed by atoms with Crippen LogP contribution in [-0.2, 0) is 6.42 Å². The summed E-state index contributed by atoms with van der Waals surface area (Å²) in [5, 5.41) is 0. The molecule has 0 bridgehead atoms. The van der Waals surface area contributed by atoms with Crippen molar-refractivity contribution in [2.45, 2.75) is 25.2 Å². The molecule has 1 aromatic rings. The van der Waals surface area contributed by atoms with E-state index < -0.39 is 5.92 Å². The van der Waals surface area contributed by atoms with Gasteiger partial charge in [-0.15, -0.1) is 0 Å². The van der Waals surface area contributed by atoms with Gasteiger partial charge in [-0.1, -0.05) is 28.6 Å². The van der Waals surface area contributed by atoms with Crippen molar-refractivity contribution in [2.24, 2.45) is 0 Å². The third-order valence-electron chi connectivity index (χ3n) is 2.78. The van der Waals surface area contributed by atoms with Gasteiger partial charge in [0.05, 0.1) is 0 Å². The van der Waals surface area contributed by atoms with Crippen LogP contribution in [0.25, 0.3) is 5.57 Å². The second kappa shape index (κ2) is 3.71. The lowest BCUT2D eigenvalue weighted by Crippen LogP contribution is -2.16. The quantitative estimate of drug-likeness (QED) is 0.613. The highest BCUT2D eigenvalue weighted by atomic mass is 79.9. The Labute approximate surface area is 96.1 Å². The van der Waals surface area contributed by atoms with Crippen molar-refractivity contribution in [1.29, 1.82) is 0 Å². The summed E-state index contributed by atoms with van der Waals surface area (Å²) >= 11 is 3.29. The molecule has 0 saturated carbocycles. The Morgan fingerprint density at radius 3 is 2.80 bits per heavy atom. The van der Waals surface area contributed by atoms with Gasteiger partial charge in [0.2, 0.25) is 0 Å². The lowest BCUT2D eigenvalue weighted by molar-refractivity contribution is 0.0569. The Kier molecular flexibility index (Phi) is 2.67. The van der Waals surface area contributed by atoms with Crippen LogP contribution in [0.4, 0.5) is 8.78 Å². The Bertz CT molecular complexity index is 410. The molecule has 0 unspecified atom stereocenters. The fraction of sp³-hybridized carbons (Fsp3) is 0.333. The molecule has 0 radical (unpaired) electrons. The molecule has 2 rings (SSSR count). The Morgan fingerprint density at radius 1 is 1.33 bits per heavy atom. The van der Waals surface area contributed by atoms with Gasteiger partial charge >= 0.3 is 0 Å². The molecular formula is C12H11BrF2. The molecule has 1 aliphatic carbocycles. The van der Waals surface area contributed by atoms with Gasteiger partial charge in [0.1, 0.15) is 0 Å². The molecule has 0 spiro atoms. The van der Waals surface area contributed by atoms with E-state index in [2.05, 4.69) is 22.5 Å². The van der Waals surface area contributed by atoms with E-state index in [4.69, 9.17) is 0 Å². The SMILES string of the molecule is C=C1c2cc(Br)ccc2CCCC1(F)F. The van der Waals surface area contributed by atoms with E-state index in [9.17, 15) is 8.78 Å². The predicted molar refractivity (Wildman–Crippen MR) is 61.1 cm³/mol. The zero-order valence-corrected chi connectivity index (χ0v) is 9.78. The van der Waals surface area contributed by atoms with Crippen molar-refractivity contribution in [2.75, 3.05) is 0 Å². The van der Waals surface area contributed by atoms with Gasteiger partial charge in [0.15, 0.2) is 0 Å². The van der Waals surface area contributed by atoms with E-state index in [0.717, 1.165) is 10.0 Å². The van der Waals surface area contributed by atoms with Crippen LogP contribution >= 0.6 is 15.9 Å². The van der Waals surface area contributed by atoms with Crippen molar-refractivity contribution in [1.82, 2.24) is 0 Å². The van der Waals surface area contributed by atoms with Gasteiger partial charge < -0.3 is 0 Å². The Hall–Kier alpha value is -0.700. The molecule has 3 heteroatoms. The van der Waals surface area contributed by atoms with E-state index in [1.54, 1.807) is 6.07 Å². The van der Waals surface area contributed by atoms with Crippen LogP contribution in [0.3, 0.4) is 0 Å². The number of aryl methyl sites for hydroxylation is 1. The van der Waals surface area contributed by atoms with Crippen molar-refractivity contribution in [3.8, 4) is 0 Å². The summed E-state index contributed by atoms with van der Waals surface area (Å²) in [6, 6.07) is 5.51. The minimum atomic E-state index is -2.76. The number of benzene rings is 1. The third-order valence-corrected chi connectivity index (χ3v) is 3.27. The largest absolute Gasteiger partial charge is 0.273 e. The van der Waals surface area contributed by atoms with Crippen LogP contribution in [0.1, 0.15) is 24.0 Å². The molecule has 15 heavy (non-hydrogen) atoms. The van der Waals surface area contributed by atoms with Crippen LogP contribution in [0.5, 0.6) is 0 Å². The average Bonchev–Trinajstić information content (AvgIpc) is 2.27. The summed E-state index contributed by atoms with van der Waals surface area (Å²) in [5.74, 6) is -2.76. The van der Waals surface area contributed by atoms with Crippen LogP contribution in [0.2, 0.25) is 0 Å². The van der Waals surface area contributed by atoms with E-state index >= 15 is 0 Å². The van der Waals surface area contributed by atoms with Gasteiger partial charge in [0, 0.05) is 16.5 Å². The van der Waals surface area contributed by atoms with Gasteiger partial charge in [-0.25, -0.2) is 8.78 Å². The summed E-state index contributed by atoms with van der Waals surface area (Å²) in [7, 11) is 0. The zero-order chi connectivity index (χ0) is 11.1. The molecule has 1 aliphatic rings. The monoisotopic (exact) mass is 272 g/mol. The minimum Gasteiger partial charge on any atom is -0.201 e. The summed E-state index contributed by atoms with van der Waals surface area (Å²) < 4.78 is 27.9. The Morgan fingerprint density at radius 2 is 2.07 bits per heavy atom. The van der Waals surface area contributed by atoms with Gasteiger partial charge in [-0.3, -0.25) is 0 Å². The lowest BCUT2D eigenvalue weighted by Gasteiger charge is -2.17. The normalized spacial score (nSPS) is 19.5. The van der Waals surface area contributed by atoms with E-state index in [1.165, 1.54) is 0 Å². The summed E-state index contributed by atoms with van der Waals surface area (Å²) in [5.41, 5.74) is 1.53. The number of allylic oxidation sites excluding steroid dienone is 1. The summed E-state index contributed by atoms with van der Waals surface area (Å²) in [4.78, 5) is 0. The second-order valence-electron chi connectivity index (χ2n) is 3.84. The molecule has 0 saturated heterocycles. The van der Waals surface area contributed by atoms with E-state index in [-0.39, 0.29) is 12.0 Å². The number of alkyl halides is 2. The fourth-order valence-corrected chi connectivity index (χ4v) is 2.26. The zero-order valence-electron chi connectivity index (χ0n) is 8.19. The molecule has 0 aromatic heterocycles.